The van der Waals surface area contributed by atoms with E-state index in [9.17, 15) is 9.90 Å². The van der Waals surface area contributed by atoms with Crippen LogP contribution >= 0.6 is 15.9 Å². The first-order valence-corrected chi connectivity index (χ1v) is 6.55. The van der Waals surface area contributed by atoms with Gasteiger partial charge in [-0.3, -0.25) is 0 Å². The summed E-state index contributed by atoms with van der Waals surface area (Å²) in [6.07, 6.45) is 1.33. The highest BCUT2D eigenvalue weighted by molar-refractivity contribution is 9.09. The minimum atomic E-state index is -0.777. The Morgan fingerprint density at radius 1 is 1.53 bits per heavy atom. The monoisotopic (exact) mass is 277 g/mol. The summed E-state index contributed by atoms with van der Waals surface area (Å²) in [6.45, 7) is 7.04. The van der Waals surface area contributed by atoms with Gasteiger partial charge in [-0.1, -0.05) is 36.7 Å². The lowest BCUT2D eigenvalue weighted by molar-refractivity contribution is 0.0307. The van der Waals surface area contributed by atoms with Crippen LogP contribution in [0, 0.1) is 11.3 Å². The van der Waals surface area contributed by atoms with E-state index in [2.05, 4.69) is 36.7 Å². The van der Waals surface area contributed by atoms with E-state index in [1.165, 1.54) is 0 Å². The summed E-state index contributed by atoms with van der Waals surface area (Å²) in [5, 5.41) is 10.1. The Morgan fingerprint density at radius 2 is 2.13 bits per heavy atom. The molecule has 1 aliphatic heterocycles. The molecule has 0 spiro atoms. The molecular weight excluding hydrogens is 258 g/mol. The SMILES string of the molecule is CC(C)(C)C1[C@H](CBr)CCCN1C(=O)O. The number of carboxylic acid groups (broad SMARTS) is 1. The molecule has 1 fully saturated rings. The minimum Gasteiger partial charge on any atom is -0.465 e. The highest BCUT2D eigenvalue weighted by Crippen LogP contribution is 2.36. The molecule has 0 aromatic heterocycles. The number of amides is 1. The Kier molecular flexibility index (Phi) is 4.04. The molecule has 88 valence electrons. The molecule has 1 N–H and O–H groups in total. The second-order valence-electron chi connectivity index (χ2n) is 5.34. The van der Waals surface area contributed by atoms with Gasteiger partial charge in [0, 0.05) is 17.9 Å². The maximum atomic E-state index is 11.2. The lowest BCUT2D eigenvalue weighted by Gasteiger charge is -2.46. The summed E-state index contributed by atoms with van der Waals surface area (Å²) in [5.74, 6) is 0.440. The maximum absolute atomic E-state index is 11.2. The molecule has 1 saturated heterocycles. The Labute approximate surface area is 100.0 Å². The fourth-order valence-corrected chi connectivity index (χ4v) is 3.30. The molecule has 4 heteroatoms. The summed E-state index contributed by atoms with van der Waals surface area (Å²) in [4.78, 5) is 12.8. The third-order valence-electron chi connectivity index (χ3n) is 3.09. The average Bonchev–Trinajstić information content (AvgIpc) is 2.15. The first kappa shape index (κ1) is 12.8. The summed E-state index contributed by atoms with van der Waals surface area (Å²) >= 11 is 3.50. The molecule has 3 nitrogen and oxygen atoms in total. The van der Waals surface area contributed by atoms with Crippen molar-refractivity contribution in [3.63, 3.8) is 0 Å². The van der Waals surface area contributed by atoms with E-state index in [4.69, 9.17) is 0 Å². The maximum Gasteiger partial charge on any atom is 0.407 e. The molecule has 1 aliphatic rings. The van der Waals surface area contributed by atoms with Gasteiger partial charge in [-0.25, -0.2) is 4.79 Å². The summed E-state index contributed by atoms with van der Waals surface area (Å²) in [7, 11) is 0. The van der Waals surface area contributed by atoms with Crippen LogP contribution in [0.3, 0.4) is 0 Å². The fourth-order valence-electron chi connectivity index (χ4n) is 2.63. The molecule has 0 aromatic rings. The smallest absolute Gasteiger partial charge is 0.407 e. The van der Waals surface area contributed by atoms with Gasteiger partial charge in [-0.15, -0.1) is 0 Å². The number of rotatable bonds is 1. The van der Waals surface area contributed by atoms with Gasteiger partial charge in [0.25, 0.3) is 0 Å². The first-order valence-electron chi connectivity index (χ1n) is 5.43. The standard InChI is InChI=1S/C11H20BrNO2/c1-11(2,3)9-8(7-12)5-4-6-13(9)10(14)15/h8-9H,4-7H2,1-3H3,(H,14,15)/t8-,9?/m0/s1. The van der Waals surface area contributed by atoms with E-state index >= 15 is 0 Å². The lowest BCUT2D eigenvalue weighted by atomic mass is 9.75. The molecule has 1 rings (SSSR count). The van der Waals surface area contributed by atoms with Crippen LogP contribution < -0.4 is 0 Å². The molecule has 1 amide bonds. The second-order valence-corrected chi connectivity index (χ2v) is 5.99. The molecule has 15 heavy (non-hydrogen) atoms. The zero-order chi connectivity index (χ0) is 11.6. The highest BCUT2D eigenvalue weighted by Gasteiger charge is 2.40. The number of nitrogens with zero attached hydrogens (tertiary/aromatic N) is 1. The zero-order valence-corrected chi connectivity index (χ0v) is 11.2. The largest absolute Gasteiger partial charge is 0.465 e. The van der Waals surface area contributed by atoms with Crippen LogP contribution in [0.5, 0.6) is 0 Å². The summed E-state index contributed by atoms with van der Waals surface area (Å²) < 4.78 is 0. The van der Waals surface area contributed by atoms with Gasteiger partial charge in [0.15, 0.2) is 0 Å². The van der Waals surface area contributed by atoms with E-state index in [1.54, 1.807) is 4.90 Å². The van der Waals surface area contributed by atoms with E-state index < -0.39 is 6.09 Å². The molecule has 0 aliphatic carbocycles. The van der Waals surface area contributed by atoms with E-state index in [0.717, 1.165) is 18.2 Å². The van der Waals surface area contributed by atoms with Crippen molar-refractivity contribution in [1.29, 1.82) is 0 Å². The van der Waals surface area contributed by atoms with Gasteiger partial charge in [0.1, 0.15) is 0 Å². The van der Waals surface area contributed by atoms with Gasteiger partial charge in [0.05, 0.1) is 0 Å². The van der Waals surface area contributed by atoms with Crippen LogP contribution in [0.2, 0.25) is 0 Å². The Hall–Kier alpha value is -0.250. The number of piperidine rings is 1. The predicted octanol–water partition coefficient (Wildman–Crippen LogP) is 3.19. The topological polar surface area (TPSA) is 40.5 Å². The van der Waals surface area contributed by atoms with E-state index in [1.807, 2.05) is 0 Å². The predicted molar refractivity (Wildman–Crippen MR) is 64.5 cm³/mol. The number of halogens is 1. The number of hydrogen-bond acceptors (Lipinski definition) is 1. The lowest BCUT2D eigenvalue weighted by Crippen LogP contribution is -2.54. The van der Waals surface area contributed by atoms with Gasteiger partial charge in [-0.05, 0) is 24.2 Å². The Balaban J connectivity index is 2.91. The molecule has 1 unspecified atom stereocenters. The highest BCUT2D eigenvalue weighted by atomic mass is 79.9. The molecule has 0 aromatic carbocycles. The van der Waals surface area contributed by atoms with Crippen LogP contribution in [-0.2, 0) is 0 Å². The van der Waals surface area contributed by atoms with Crippen molar-refractivity contribution in [2.24, 2.45) is 11.3 Å². The van der Waals surface area contributed by atoms with Crippen LogP contribution in [0.25, 0.3) is 0 Å². The molecule has 0 bridgehead atoms. The normalized spacial score (nSPS) is 27.9. The summed E-state index contributed by atoms with van der Waals surface area (Å²) in [5.41, 5.74) is 0.0112. The van der Waals surface area contributed by atoms with Gasteiger partial charge in [0.2, 0.25) is 0 Å². The van der Waals surface area contributed by atoms with E-state index in [-0.39, 0.29) is 11.5 Å². The number of alkyl halides is 1. The van der Waals surface area contributed by atoms with Gasteiger partial charge < -0.3 is 10.0 Å². The first-order chi connectivity index (χ1) is 6.88. The Morgan fingerprint density at radius 3 is 2.53 bits per heavy atom. The molecular formula is C11H20BrNO2. The minimum absolute atomic E-state index is 0.0112. The van der Waals surface area contributed by atoms with Crippen LogP contribution in [0.4, 0.5) is 4.79 Å². The van der Waals surface area contributed by atoms with E-state index in [0.29, 0.717) is 12.5 Å². The van der Waals surface area contributed by atoms with Crippen molar-refractivity contribution in [2.45, 2.75) is 39.7 Å². The summed E-state index contributed by atoms with van der Waals surface area (Å²) in [6, 6.07) is 0.128. The van der Waals surface area contributed by atoms with Crippen LogP contribution in [-0.4, -0.2) is 34.0 Å². The third-order valence-corrected chi connectivity index (χ3v) is 3.92. The van der Waals surface area contributed by atoms with Crippen molar-refractivity contribution < 1.29 is 9.90 Å². The van der Waals surface area contributed by atoms with Crippen molar-refractivity contribution in [3.8, 4) is 0 Å². The van der Waals surface area contributed by atoms with Crippen LogP contribution in [0.1, 0.15) is 33.6 Å². The molecule has 1 heterocycles. The molecule has 0 radical (unpaired) electrons. The van der Waals surface area contributed by atoms with Crippen molar-refractivity contribution in [1.82, 2.24) is 4.90 Å². The Bertz CT molecular complexity index is 237. The number of carbonyl (C=O) groups is 1. The fraction of sp³-hybridized carbons (Fsp3) is 0.909. The number of likely N-dealkylation sites (tertiary alicyclic amines) is 1. The average molecular weight is 278 g/mol. The second kappa shape index (κ2) is 4.73. The van der Waals surface area contributed by atoms with Crippen molar-refractivity contribution >= 4 is 22.0 Å². The van der Waals surface area contributed by atoms with Gasteiger partial charge in [-0.2, -0.15) is 0 Å². The molecule has 0 saturated carbocycles. The van der Waals surface area contributed by atoms with Gasteiger partial charge >= 0.3 is 6.09 Å². The zero-order valence-electron chi connectivity index (χ0n) is 9.66. The van der Waals surface area contributed by atoms with Crippen LogP contribution in [0.15, 0.2) is 0 Å². The third kappa shape index (κ3) is 2.86. The quantitative estimate of drug-likeness (QED) is 0.748. The number of hydrogen-bond donors (Lipinski definition) is 1. The van der Waals surface area contributed by atoms with Crippen molar-refractivity contribution in [3.05, 3.63) is 0 Å². The van der Waals surface area contributed by atoms with Crippen molar-refractivity contribution in [2.75, 3.05) is 11.9 Å². The molecule has 2 atom stereocenters.